The number of sulfonamides is 1. The first kappa shape index (κ1) is 26.8. The van der Waals surface area contributed by atoms with Crippen molar-refractivity contribution in [1.82, 2.24) is 9.62 Å². The monoisotopic (exact) mass is 504 g/mol. The minimum absolute atomic E-state index is 0.152. The number of benzene rings is 2. The van der Waals surface area contributed by atoms with Crippen LogP contribution in [0.25, 0.3) is 11.1 Å². The molecule has 0 saturated carbocycles. The van der Waals surface area contributed by atoms with Crippen molar-refractivity contribution in [2.75, 3.05) is 25.4 Å². The number of Topliss-reactive ketones (excluding diaryl/α,β-unsaturated/α-hetero) is 1. The summed E-state index contributed by atoms with van der Waals surface area (Å²) in [6.45, 7) is 8.95. The Bertz CT molecular complexity index is 1220. The first-order valence-corrected chi connectivity index (χ1v) is 13.2. The lowest BCUT2D eigenvalue weighted by Gasteiger charge is -2.24. The third-order valence-electron chi connectivity index (χ3n) is 5.75. The molecule has 1 atom stereocenters. The molecule has 2 aromatic rings. The molecule has 1 fully saturated rings. The number of hydrogen-bond donors (Lipinski definition) is 1. The summed E-state index contributed by atoms with van der Waals surface area (Å²) < 4.78 is 47.6. The van der Waals surface area contributed by atoms with E-state index in [0.29, 0.717) is 24.1 Å². The Balaban J connectivity index is 1.63. The minimum Gasteiger partial charge on any atom is -0.444 e. The second-order valence-electron chi connectivity index (χ2n) is 10.1. The second-order valence-corrected chi connectivity index (χ2v) is 12.0. The van der Waals surface area contributed by atoms with Gasteiger partial charge in [0.05, 0.1) is 17.9 Å². The normalized spacial score (nSPS) is 16.4. The SMILES string of the molecule is Cc1cccc(-c2cc(C)c(F)c(C(=O)CNS(=O)(=O)CC3CCN(C(=O)OC(C)(C)C)C3)c2)c1. The molecule has 1 aliphatic rings. The summed E-state index contributed by atoms with van der Waals surface area (Å²) >= 11 is 0. The summed E-state index contributed by atoms with van der Waals surface area (Å²) in [5, 5.41) is 0. The van der Waals surface area contributed by atoms with Gasteiger partial charge in [-0.05, 0) is 75.8 Å². The van der Waals surface area contributed by atoms with E-state index in [0.717, 1.165) is 11.1 Å². The average molecular weight is 505 g/mol. The van der Waals surface area contributed by atoms with Gasteiger partial charge in [-0.25, -0.2) is 22.3 Å². The number of rotatable bonds is 7. The largest absolute Gasteiger partial charge is 0.444 e. The zero-order valence-electron chi connectivity index (χ0n) is 20.9. The van der Waals surface area contributed by atoms with Crippen LogP contribution < -0.4 is 4.72 Å². The van der Waals surface area contributed by atoms with Crippen molar-refractivity contribution < 1.29 is 27.1 Å². The summed E-state index contributed by atoms with van der Waals surface area (Å²) in [4.78, 5) is 26.5. The summed E-state index contributed by atoms with van der Waals surface area (Å²) in [6.07, 6.45) is 0.0420. The van der Waals surface area contributed by atoms with Crippen molar-refractivity contribution in [2.24, 2.45) is 5.92 Å². The number of ketones is 1. The van der Waals surface area contributed by atoms with E-state index in [2.05, 4.69) is 4.72 Å². The number of carbonyl (C=O) groups excluding carboxylic acids is 2. The van der Waals surface area contributed by atoms with E-state index in [9.17, 15) is 22.4 Å². The van der Waals surface area contributed by atoms with Crippen LogP contribution in [0.5, 0.6) is 0 Å². The van der Waals surface area contributed by atoms with Gasteiger partial charge in [0, 0.05) is 13.1 Å². The predicted molar refractivity (Wildman–Crippen MR) is 133 cm³/mol. The molecule has 1 N–H and O–H groups in total. The number of hydrogen-bond acceptors (Lipinski definition) is 5. The van der Waals surface area contributed by atoms with E-state index >= 15 is 0 Å². The van der Waals surface area contributed by atoms with Crippen molar-refractivity contribution in [1.29, 1.82) is 0 Å². The molecule has 3 rings (SSSR count). The van der Waals surface area contributed by atoms with E-state index < -0.39 is 39.9 Å². The third kappa shape index (κ3) is 7.35. The highest BCUT2D eigenvalue weighted by Crippen LogP contribution is 2.26. The van der Waals surface area contributed by atoms with E-state index in [4.69, 9.17) is 4.74 Å². The number of amides is 1. The Hall–Kier alpha value is -2.78. The standard InChI is InChI=1S/C26H33FN2O5S/c1-17-7-6-8-20(11-17)21-12-18(2)24(27)22(13-21)23(30)14-28-35(32,33)16-19-9-10-29(15-19)25(31)34-26(3,4)5/h6-8,11-13,19,28H,9-10,14-16H2,1-5H3. The Morgan fingerprint density at radius 2 is 1.86 bits per heavy atom. The van der Waals surface area contributed by atoms with Crippen molar-refractivity contribution in [2.45, 2.75) is 46.6 Å². The van der Waals surface area contributed by atoms with Gasteiger partial charge in [0.2, 0.25) is 10.0 Å². The molecule has 0 aromatic heterocycles. The van der Waals surface area contributed by atoms with Crippen molar-refractivity contribution in [3.05, 3.63) is 58.9 Å². The molecular weight excluding hydrogens is 471 g/mol. The smallest absolute Gasteiger partial charge is 0.410 e. The minimum atomic E-state index is -3.82. The van der Waals surface area contributed by atoms with Crippen LogP contribution >= 0.6 is 0 Å². The maximum atomic E-state index is 14.8. The molecule has 1 aliphatic heterocycles. The highest BCUT2D eigenvalue weighted by molar-refractivity contribution is 7.89. The van der Waals surface area contributed by atoms with Crippen LogP contribution in [-0.2, 0) is 14.8 Å². The summed E-state index contributed by atoms with van der Waals surface area (Å²) in [7, 11) is -3.82. The number of aryl methyl sites for hydroxylation is 2. The number of likely N-dealkylation sites (tertiary alicyclic amines) is 1. The maximum Gasteiger partial charge on any atom is 0.410 e. The molecule has 1 heterocycles. The molecule has 7 nitrogen and oxygen atoms in total. The molecule has 35 heavy (non-hydrogen) atoms. The molecule has 1 saturated heterocycles. The fourth-order valence-corrected chi connectivity index (χ4v) is 5.43. The van der Waals surface area contributed by atoms with Gasteiger partial charge < -0.3 is 9.64 Å². The fraction of sp³-hybridized carbons (Fsp3) is 0.462. The van der Waals surface area contributed by atoms with Crippen LogP contribution in [0, 0.1) is 25.6 Å². The number of halogens is 1. The molecule has 0 spiro atoms. The lowest BCUT2D eigenvalue weighted by atomic mass is 9.97. The Kier molecular flexibility index (Phi) is 8.01. The molecule has 2 aromatic carbocycles. The van der Waals surface area contributed by atoms with Gasteiger partial charge in [0.15, 0.2) is 5.78 Å². The molecule has 0 radical (unpaired) electrons. The zero-order valence-corrected chi connectivity index (χ0v) is 21.7. The van der Waals surface area contributed by atoms with E-state index in [1.54, 1.807) is 33.8 Å². The van der Waals surface area contributed by atoms with Crippen molar-refractivity contribution in [3.63, 3.8) is 0 Å². The Morgan fingerprint density at radius 1 is 1.14 bits per heavy atom. The quantitative estimate of drug-likeness (QED) is 0.562. The van der Waals surface area contributed by atoms with Crippen LogP contribution in [0.2, 0.25) is 0 Å². The summed E-state index contributed by atoms with van der Waals surface area (Å²) in [6, 6.07) is 10.8. The lowest BCUT2D eigenvalue weighted by Crippen LogP contribution is -2.37. The molecule has 9 heteroatoms. The number of nitrogens with zero attached hydrogens (tertiary/aromatic N) is 1. The average Bonchev–Trinajstić information content (AvgIpc) is 3.20. The highest BCUT2D eigenvalue weighted by atomic mass is 32.2. The van der Waals surface area contributed by atoms with Gasteiger partial charge >= 0.3 is 6.09 Å². The van der Waals surface area contributed by atoms with Crippen LogP contribution in [0.1, 0.15) is 48.7 Å². The first-order valence-electron chi connectivity index (χ1n) is 11.6. The Morgan fingerprint density at radius 3 is 2.51 bits per heavy atom. The number of ether oxygens (including phenoxy) is 1. The molecule has 1 unspecified atom stereocenters. The highest BCUT2D eigenvalue weighted by Gasteiger charge is 2.32. The topological polar surface area (TPSA) is 92.8 Å². The molecule has 190 valence electrons. The molecular formula is C26H33FN2O5S. The second kappa shape index (κ2) is 10.5. The van der Waals surface area contributed by atoms with E-state index in [1.807, 2.05) is 31.2 Å². The molecule has 1 amide bonds. The zero-order chi connectivity index (χ0) is 26.0. The van der Waals surface area contributed by atoms with Crippen LogP contribution in [0.3, 0.4) is 0 Å². The molecule has 0 aliphatic carbocycles. The van der Waals surface area contributed by atoms with Crippen LogP contribution in [0.4, 0.5) is 9.18 Å². The predicted octanol–water partition coefficient (Wildman–Crippen LogP) is 4.47. The van der Waals surface area contributed by atoms with Crippen LogP contribution in [0.15, 0.2) is 36.4 Å². The van der Waals surface area contributed by atoms with Crippen molar-refractivity contribution >= 4 is 21.9 Å². The van der Waals surface area contributed by atoms with E-state index in [-0.39, 0.29) is 23.8 Å². The first-order chi connectivity index (χ1) is 16.2. The van der Waals surface area contributed by atoms with Crippen LogP contribution in [-0.4, -0.2) is 56.2 Å². The van der Waals surface area contributed by atoms with Gasteiger partial charge in [0.25, 0.3) is 0 Å². The summed E-state index contributed by atoms with van der Waals surface area (Å²) in [5.41, 5.74) is 2.09. The van der Waals surface area contributed by atoms with Gasteiger partial charge in [-0.15, -0.1) is 0 Å². The molecule has 0 bridgehead atoms. The van der Waals surface area contributed by atoms with Crippen molar-refractivity contribution in [3.8, 4) is 11.1 Å². The lowest BCUT2D eigenvalue weighted by molar-refractivity contribution is 0.0289. The van der Waals surface area contributed by atoms with Gasteiger partial charge in [-0.2, -0.15) is 0 Å². The Labute approximate surface area is 206 Å². The maximum absolute atomic E-state index is 14.8. The van der Waals surface area contributed by atoms with Gasteiger partial charge in [-0.3, -0.25) is 4.79 Å². The van der Waals surface area contributed by atoms with Gasteiger partial charge in [-0.1, -0.05) is 29.8 Å². The fourth-order valence-electron chi connectivity index (χ4n) is 4.06. The van der Waals surface area contributed by atoms with Gasteiger partial charge in [0.1, 0.15) is 11.4 Å². The summed E-state index contributed by atoms with van der Waals surface area (Å²) in [5.74, 6) is -1.82. The van der Waals surface area contributed by atoms with E-state index in [1.165, 1.54) is 11.0 Å². The third-order valence-corrected chi connectivity index (χ3v) is 7.25. The number of nitrogens with one attached hydrogen (secondary N) is 1. The number of carbonyl (C=O) groups is 2.